The highest BCUT2D eigenvalue weighted by atomic mass is 16.1. The molecule has 3 rings (SSSR count). The van der Waals surface area contributed by atoms with Gasteiger partial charge in [-0.25, -0.2) is 0 Å². The summed E-state index contributed by atoms with van der Waals surface area (Å²) in [6.45, 7) is 1.85. The molecule has 0 aliphatic carbocycles. The second-order valence-corrected chi connectivity index (χ2v) is 4.94. The van der Waals surface area contributed by atoms with Gasteiger partial charge in [0.15, 0.2) is 0 Å². The first-order valence-electron chi connectivity index (χ1n) is 6.86. The highest BCUT2D eigenvalue weighted by Gasteiger charge is 2.13. The largest absolute Gasteiger partial charge is 0.321 e. The van der Waals surface area contributed by atoms with E-state index < -0.39 is 0 Å². The van der Waals surface area contributed by atoms with Crippen LogP contribution in [0.3, 0.4) is 0 Å². The smallest absolute Gasteiger partial charge is 0.256 e. The SMILES string of the molecule is Cc1cc(C(=O)Nc2ccccc2C#N)c2ccccc2n1. The molecule has 0 spiro atoms. The average molecular weight is 287 g/mol. The van der Waals surface area contributed by atoms with Gasteiger partial charge in [0, 0.05) is 11.1 Å². The lowest BCUT2D eigenvalue weighted by Gasteiger charge is -2.10. The van der Waals surface area contributed by atoms with Gasteiger partial charge in [-0.3, -0.25) is 9.78 Å². The Kier molecular flexibility index (Phi) is 3.55. The molecule has 1 heterocycles. The minimum absolute atomic E-state index is 0.246. The molecular weight excluding hydrogens is 274 g/mol. The average Bonchev–Trinajstić information content (AvgIpc) is 2.54. The van der Waals surface area contributed by atoms with Crippen LogP contribution in [0.1, 0.15) is 21.6 Å². The molecule has 3 aromatic rings. The summed E-state index contributed by atoms with van der Waals surface area (Å²) in [4.78, 5) is 17.0. The lowest BCUT2D eigenvalue weighted by atomic mass is 10.1. The van der Waals surface area contributed by atoms with Gasteiger partial charge in [0.1, 0.15) is 6.07 Å². The lowest BCUT2D eigenvalue weighted by molar-refractivity contribution is 0.102. The molecule has 1 amide bonds. The number of amides is 1. The van der Waals surface area contributed by atoms with Crippen LogP contribution in [0.4, 0.5) is 5.69 Å². The van der Waals surface area contributed by atoms with Crippen molar-refractivity contribution in [1.29, 1.82) is 5.26 Å². The number of carbonyl (C=O) groups is 1. The van der Waals surface area contributed by atoms with Crippen LogP contribution in [0.5, 0.6) is 0 Å². The van der Waals surface area contributed by atoms with Gasteiger partial charge in [-0.1, -0.05) is 30.3 Å². The number of para-hydroxylation sites is 2. The van der Waals surface area contributed by atoms with Crippen molar-refractivity contribution in [3.8, 4) is 6.07 Å². The summed E-state index contributed by atoms with van der Waals surface area (Å²) in [5.41, 5.74) is 3.05. The van der Waals surface area contributed by atoms with E-state index in [0.29, 0.717) is 16.8 Å². The molecule has 22 heavy (non-hydrogen) atoms. The number of fused-ring (bicyclic) bond motifs is 1. The minimum atomic E-state index is -0.246. The maximum Gasteiger partial charge on any atom is 0.256 e. The fourth-order valence-corrected chi connectivity index (χ4v) is 2.37. The van der Waals surface area contributed by atoms with Crippen LogP contribution in [0.15, 0.2) is 54.6 Å². The molecular formula is C18H13N3O. The maximum absolute atomic E-state index is 12.6. The van der Waals surface area contributed by atoms with Crippen molar-refractivity contribution in [3.05, 3.63) is 71.4 Å². The van der Waals surface area contributed by atoms with Crippen molar-refractivity contribution in [2.75, 3.05) is 5.32 Å². The molecule has 4 heteroatoms. The minimum Gasteiger partial charge on any atom is -0.321 e. The Hall–Kier alpha value is -3.19. The Morgan fingerprint density at radius 3 is 2.68 bits per heavy atom. The molecule has 0 aliphatic rings. The highest BCUT2D eigenvalue weighted by molar-refractivity contribution is 6.12. The lowest BCUT2D eigenvalue weighted by Crippen LogP contribution is -2.14. The van der Waals surface area contributed by atoms with Gasteiger partial charge in [-0.05, 0) is 31.2 Å². The van der Waals surface area contributed by atoms with Gasteiger partial charge in [-0.2, -0.15) is 5.26 Å². The fraction of sp³-hybridized carbons (Fsp3) is 0.0556. The Morgan fingerprint density at radius 1 is 1.14 bits per heavy atom. The van der Waals surface area contributed by atoms with Crippen LogP contribution >= 0.6 is 0 Å². The summed E-state index contributed by atoms with van der Waals surface area (Å²) in [6.07, 6.45) is 0. The van der Waals surface area contributed by atoms with Crippen LogP contribution in [-0.4, -0.2) is 10.9 Å². The summed E-state index contributed by atoms with van der Waals surface area (Å²) in [7, 11) is 0. The normalized spacial score (nSPS) is 10.2. The number of hydrogen-bond acceptors (Lipinski definition) is 3. The number of nitrogens with zero attached hydrogens (tertiary/aromatic N) is 2. The zero-order valence-corrected chi connectivity index (χ0v) is 12.0. The summed E-state index contributed by atoms with van der Waals surface area (Å²) < 4.78 is 0. The number of nitriles is 1. The highest BCUT2D eigenvalue weighted by Crippen LogP contribution is 2.21. The number of anilines is 1. The molecule has 2 aromatic carbocycles. The number of rotatable bonds is 2. The monoisotopic (exact) mass is 287 g/mol. The van der Waals surface area contributed by atoms with Crippen LogP contribution < -0.4 is 5.32 Å². The van der Waals surface area contributed by atoms with E-state index in [-0.39, 0.29) is 5.91 Å². The number of aromatic nitrogens is 1. The van der Waals surface area contributed by atoms with E-state index in [1.54, 1.807) is 30.3 Å². The van der Waals surface area contributed by atoms with E-state index in [9.17, 15) is 4.79 Å². The second kappa shape index (κ2) is 5.66. The molecule has 0 unspecified atom stereocenters. The molecule has 1 N–H and O–H groups in total. The van der Waals surface area contributed by atoms with Gasteiger partial charge in [0.25, 0.3) is 5.91 Å². The summed E-state index contributed by atoms with van der Waals surface area (Å²) in [5, 5.41) is 12.7. The van der Waals surface area contributed by atoms with Crippen LogP contribution in [0, 0.1) is 18.3 Å². The molecule has 0 radical (unpaired) electrons. The number of carbonyl (C=O) groups excluding carboxylic acids is 1. The van der Waals surface area contributed by atoms with Gasteiger partial charge in [0.2, 0.25) is 0 Å². The predicted octanol–water partition coefficient (Wildman–Crippen LogP) is 3.67. The third kappa shape index (κ3) is 2.52. The number of hydrogen-bond donors (Lipinski definition) is 1. The second-order valence-electron chi connectivity index (χ2n) is 4.94. The third-order valence-electron chi connectivity index (χ3n) is 3.38. The molecule has 0 saturated carbocycles. The molecule has 4 nitrogen and oxygen atoms in total. The van der Waals surface area contributed by atoms with Gasteiger partial charge < -0.3 is 5.32 Å². The van der Waals surface area contributed by atoms with E-state index in [2.05, 4.69) is 16.4 Å². The predicted molar refractivity (Wildman–Crippen MR) is 85.6 cm³/mol. The number of nitrogens with one attached hydrogen (secondary N) is 1. The van der Waals surface area contributed by atoms with Crippen molar-refractivity contribution in [2.24, 2.45) is 0 Å². The zero-order valence-electron chi connectivity index (χ0n) is 12.0. The van der Waals surface area contributed by atoms with Crippen LogP contribution in [0.25, 0.3) is 10.9 Å². The van der Waals surface area contributed by atoms with Crippen molar-refractivity contribution in [3.63, 3.8) is 0 Å². The molecule has 1 aromatic heterocycles. The van der Waals surface area contributed by atoms with Gasteiger partial charge >= 0.3 is 0 Å². The van der Waals surface area contributed by atoms with Crippen molar-refractivity contribution in [1.82, 2.24) is 4.98 Å². The Labute approximate surface area is 128 Å². The standard InChI is InChI=1S/C18H13N3O/c1-12-10-15(14-7-3-5-9-17(14)20-12)18(22)21-16-8-4-2-6-13(16)11-19/h2-10H,1H3,(H,21,22). The molecule has 0 atom stereocenters. The van der Waals surface area contributed by atoms with E-state index in [1.807, 2.05) is 31.2 Å². The molecule has 0 bridgehead atoms. The Bertz CT molecular complexity index is 910. The Balaban J connectivity index is 2.05. The maximum atomic E-state index is 12.6. The molecule has 0 fully saturated rings. The van der Waals surface area contributed by atoms with Crippen molar-refractivity contribution in [2.45, 2.75) is 6.92 Å². The van der Waals surface area contributed by atoms with E-state index in [1.165, 1.54) is 0 Å². The fourth-order valence-electron chi connectivity index (χ4n) is 2.37. The first-order valence-corrected chi connectivity index (χ1v) is 6.86. The van der Waals surface area contributed by atoms with Crippen LogP contribution in [-0.2, 0) is 0 Å². The van der Waals surface area contributed by atoms with E-state index in [4.69, 9.17) is 5.26 Å². The first kappa shape index (κ1) is 13.8. The van der Waals surface area contributed by atoms with Crippen molar-refractivity contribution < 1.29 is 4.79 Å². The molecule has 0 saturated heterocycles. The topological polar surface area (TPSA) is 65.8 Å². The van der Waals surface area contributed by atoms with Crippen molar-refractivity contribution >= 4 is 22.5 Å². The van der Waals surface area contributed by atoms with Crippen LogP contribution in [0.2, 0.25) is 0 Å². The molecule has 0 aliphatic heterocycles. The quantitative estimate of drug-likeness (QED) is 0.782. The van der Waals surface area contributed by atoms with E-state index in [0.717, 1.165) is 16.6 Å². The summed E-state index contributed by atoms with van der Waals surface area (Å²) in [5.74, 6) is -0.246. The Morgan fingerprint density at radius 2 is 1.86 bits per heavy atom. The van der Waals surface area contributed by atoms with Gasteiger partial charge in [0.05, 0.1) is 22.3 Å². The zero-order chi connectivity index (χ0) is 15.5. The number of aryl methyl sites for hydroxylation is 1. The summed E-state index contributed by atoms with van der Waals surface area (Å²) in [6, 6.07) is 18.3. The molecule has 106 valence electrons. The number of pyridine rings is 1. The third-order valence-corrected chi connectivity index (χ3v) is 3.38. The van der Waals surface area contributed by atoms with Gasteiger partial charge in [-0.15, -0.1) is 0 Å². The van der Waals surface area contributed by atoms with E-state index >= 15 is 0 Å². The number of benzene rings is 2. The first-order chi connectivity index (χ1) is 10.7. The summed E-state index contributed by atoms with van der Waals surface area (Å²) >= 11 is 0.